The van der Waals surface area contributed by atoms with Gasteiger partial charge in [0.25, 0.3) is 0 Å². The van der Waals surface area contributed by atoms with Crippen LogP contribution in [0.5, 0.6) is 17.2 Å². The summed E-state index contributed by atoms with van der Waals surface area (Å²) in [7, 11) is 0. The van der Waals surface area contributed by atoms with Gasteiger partial charge in [0.1, 0.15) is 17.3 Å². The van der Waals surface area contributed by atoms with E-state index in [9.17, 15) is 9.18 Å². The van der Waals surface area contributed by atoms with Crippen molar-refractivity contribution in [3.63, 3.8) is 0 Å². The first-order valence-corrected chi connectivity index (χ1v) is 17.9. The topological polar surface area (TPSA) is 98.4 Å². The maximum atomic E-state index is 14.2. The molecule has 2 fully saturated rings. The van der Waals surface area contributed by atoms with Crippen molar-refractivity contribution < 1.29 is 18.7 Å². The third-order valence-electron chi connectivity index (χ3n) is 10.2. The fraction of sp³-hybridized carbons (Fsp3) is 0.268. The molecular weight excluding hydrogens is 665 g/mol. The molecule has 3 N–H and O–H groups in total. The van der Waals surface area contributed by atoms with Crippen LogP contribution in [0, 0.1) is 12.7 Å². The van der Waals surface area contributed by atoms with Crippen molar-refractivity contribution in [2.45, 2.75) is 57.6 Å². The average Bonchev–Trinajstić information content (AvgIpc) is 3.91. The second-order valence-electron chi connectivity index (χ2n) is 13.6. The van der Waals surface area contributed by atoms with Crippen molar-refractivity contribution >= 4 is 34.1 Å². The zero-order chi connectivity index (χ0) is 35.1. The van der Waals surface area contributed by atoms with Gasteiger partial charge in [-0.25, -0.2) is 9.07 Å². The molecule has 1 aliphatic carbocycles. The molecule has 0 bridgehead atoms. The number of aromatic amines is 1. The number of ether oxygens (including phenoxy) is 2. The number of nitrogen functional groups attached to an aromatic ring is 1. The van der Waals surface area contributed by atoms with Gasteiger partial charge in [-0.05, 0) is 119 Å². The highest BCUT2D eigenvalue weighted by molar-refractivity contribution is 6.33. The van der Waals surface area contributed by atoms with Gasteiger partial charge < -0.3 is 25.1 Å². The monoisotopic (exact) mass is 703 g/mol. The molecule has 260 valence electrons. The third kappa shape index (κ3) is 6.59. The van der Waals surface area contributed by atoms with Crippen LogP contribution >= 0.6 is 11.6 Å². The molecule has 0 atom stereocenters. The van der Waals surface area contributed by atoms with E-state index in [1.54, 1.807) is 30.3 Å². The van der Waals surface area contributed by atoms with E-state index >= 15 is 0 Å². The number of anilines is 1. The van der Waals surface area contributed by atoms with Crippen LogP contribution < -0.4 is 15.2 Å². The first-order chi connectivity index (χ1) is 24.8. The summed E-state index contributed by atoms with van der Waals surface area (Å²) in [6.07, 6.45) is 8.47. The van der Waals surface area contributed by atoms with E-state index < -0.39 is 5.82 Å². The summed E-state index contributed by atoms with van der Waals surface area (Å²) in [4.78, 5) is 19.9. The van der Waals surface area contributed by atoms with Gasteiger partial charge in [0.05, 0.1) is 29.2 Å². The van der Waals surface area contributed by atoms with Crippen molar-refractivity contribution in [1.29, 1.82) is 0 Å². The van der Waals surface area contributed by atoms with Gasteiger partial charge in [-0.15, -0.1) is 0 Å². The van der Waals surface area contributed by atoms with Gasteiger partial charge in [-0.3, -0.25) is 4.79 Å². The number of carbonyl (C=O) groups is 1. The normalized spacial score (nSPS) is 17.9. The Bertz CT molecular complexity index is 2230. The van der Waals surface area contributed by atoms with Crippen LogP contribution in [0.15, 0.2) is 91.1 Å². The number of rotatable bonds is 9. The minimum absolute atomic E-state index is 0.108. The Hall–Kier alpha value is -5.12. The highest BCUT2D eigenvalue weighted by atomic mass is 35.5. The van der Waals surface area contributed by atoms with Crippen LogP contribution in [-0.4, -0.2) is 50.7 Å². The number of fused-ring (bicyclic) bond motifs is 1. The summed E-state index contributed by atoms with van der Waals surface area (Å²) < 4.78 is 28.2. The third-order valence-corrected chi connectivity index (χ3v) is 10.6. The molecule has 0 spiro atoms. The zero-order valence-corrected chi connectivity index (χ0v) is 29.1. The molecule has 2 aliphatic rings. The zero-order valence-electron chi connectivity index (χ0n) is 28.4. The van der Waals surface area contributed by atoms with E-state index in [2.05, 4.69) is 15.0 Å². The van der Waals surface area contributed by atoms with Gasteiger partial charge in [0, 0.05) is 33.1 Å². The number of hydrogen-bond acceptors (Lipinski definition) is 6. The van der Waals surface area contributed by atoms with Crippen LogP contribution in [0.25, 0.3) is 27.7 Å². The first-order valence-electron chi connectivity index (χ1n) is 17.6. The Morgan fingerprint density at radius 1 is 0.902 bits per heavy atom. The summed E-state index contributed by atoms with van der Waals surface area (Å²) in [6, 6.07) is 25.8. The van der Waals surface area contributed by atoms with Gasteiger partial charge in [-0.1, -0.05) is 41.9 Å². The van der Waals surface area contributed by atoms with Crippen molar-refractivity contribution in [1.82, 2.24) is 19.7 Å². The van der Waals surface area contributed by atoms with Crippen LogP contribution in [-0.2, 0) is 0 Å². The molecule has 0 unspecified atom stereocenters. The largest absolute Gasteiger partial charge is 0.490 e. The molecular formula is C41H39ClFN5O3. The number of para-hydroxylation sites is 1. The minimum atomic E-state index is -0.448. The summed E-state index contributed by atoms with van der Waals surface area (Å²) in [5.74, 6) is 0.855. The number of halogens is 2. The van der Waals surface area contributed by atoms with Crippen molar-refractivity contribution in [3.8, 4) is 34.1 Å². The van der Waals surface area contributed by atoms with E-state index in [0.717, 1.165) is 59.0 Å². The van der Waals surface area contributed by atoms with E-state index in [1.165, 1.54) is 42.9 Å². The second kappa shape index (κ2) is 13.9. The molecule has 8 rings (SSSR count). The van der Waals surface area contributed by atoms with E-state index in [1.807, 2.05) is 55.5 Å². The SMILES string of the molecule is Cc1cc(-n2ncc(C(=O)c3cc4cc(OC5CCC(N6CCCC6)CC5)c(-c5ccccc5Cl)cc4[nH]3)c2N)ccc1Oc1ccccc1F. The highest BCUT2D eigenvalue weighted by Crippen LogP contribution is 2.40. The van der Waals surface area contributed by atoms with Crippen molar-refractivity contribution in [2.75, 3.05) is 18.8 Å². The molecule has 2 aromatic heterocycles. The van der Waals surface area contributed by atoms with E-state index in [-0.39, 0.29) is 29.0 Å². The number of ketones is 1. The lowest BCUT2D eigenvalue weighted by Gasteiger charge is -2.34. The number of hydrogen-bond donors (Lipinski definition) is 2. The van der Waals surface area contributed by atoms with Crippen LogP contribution in [0.4, 0.5) is 10.2 Å². The number of H-pyrrole nitrogens is 1. The van der Waals surface area contributed by atoms with Crippen LogP contribution in [0.3, 0.4) is 0 Å². The summed E-state index contributed by atoms with van der Waals surface area (Å²) >= 11 is 6.71. The number of nitrogens with two attached hydrogens (primary N) is 1. The molecule has 6 aromatic rings. The Balaban J connectivity index is 1.06. The lowest BCUT2D eigenvalue weighted by molar-refractivity contribution is 0.101. The Labute approximate surface area is 300 Å². The molecule has 1 aliphatic heterocycles. The maximum absolute atomic E-state index is 14.2. The molecule has 4 aromatic carbocycles. The maximum Gasteiger partial charge on any atom is 0.214 e. The number of aryl methyl sites for hydroxylation is 1. The van der Waals surface area contributed by atoms with Crippen LogP contribution in [0.2, 0.25) is 5.02 Å². The molecule has 51 heavy (non-hydrogen) atoms. The molecule has 1 saturated heterocycles. The molecule has 8 nitrogen and oxygen atoms in total. The van der Waals surface area contributed by atoms with Gasteiger partial charge in [-0.2, -0.15) is 5.10 Å². The number of nitrogens with zero attached hydrogens (tertiary/aromatic N) is 3. The molecule has 0 amide bonds. The van der Waals surface area contributed by atoms with Gasteiger partial charge in [0.15, 0.2) is 11.6 Å². The first kappa shape index (κ1) is 33.0. The van der Waals surface area contributed by atoms with Crippen molar-refractivity contribution in [3.05, 3.63) is 119 Å². The Morgan fingerprint density at radius 2 is 1.67 bits per heavy atom. The average molecular weight is 704 g/mol. The van der Waals surface area contributed by atoms with Crippen LogP contribution in [0.1, 0.15) is 60.1 Å². The van der Waals surface area contributed by atoms with Gasteiger partial charge >= 0.3 is 0 Å². The summed E-state index contributed by atoms with van der Waals surface area (Å²) in [6.45, 7) is 4.28. The standard InChI is InChI=1S/C41H39ClFN5O3/c1-25-20-28(14-17-37(25)51-38-11-5-4-10-34(38)43)48-41(44)32(24-45-48)40(49)36-21-26-22-39(31(23-35(26)46-36)30-8-2-3-9-33(30)42)50-29-15-12-27(13-16-29)47-18-6-7-19-47/h2-5,8-11,14,17,20-24,27,29,46H,6-7,12-13,15-16,18-19,44H2,1H3. The highest BCUT2D eigenvalue weighted by Gasteiger charge is 2.29. The number of benzene rings is 4. The summed E-state index contributed by atoms with van der Waals surface area (Å²) in [5.41, 5.74) is 11.1. The number of aromatic nitrogens is 3. The van der Waals surface area contributed by atoms with Gasteiger partial charge in [0.2, 0.25) is 5.78 Å². The fourth-order valence-corrected chi connectivity index (χ4v) is 7.73. The number of likely N-dealkylation sites (tertiary alicyclic amines) is 1. The van der Waals surface area contributed by atoms with Crippen molar-refractivity contribution in [2.24, 2.45) is 0 Å². The molecule has 10 heteroatoms. The lowest BCUT2D eigenvalue weighted by atomic mass is 9.92. The smallest absolute Gasteiger partial charge is 0.214 e. The number of nitrogens with one attached hydrogen (secondary N) is 1. The molecule has 1 saturated carbocycles. The van der Waals surface area contributed by atoms with E-state index in [0.29, 0.717) is 28.2 Å². The number of carbonyl (C=O) groups excluding carboxylic acids is 1. The predicted molar refractivity (Wildman–Crippen MR) is 199 cm³/mol. The predicted octanol–water partition coefficient (Wildman–Crippen LogP) is 9.51. The Kier molecular flexibility index (Phi) is 9.00. The lowest BCUT2D eigenvalue weighted by Crippen LogP contribution is -2.38. The molecule has 3 heterocycles. The second-order valence-corrected chi connectivity index (χ2v) is 14.0. The molecule has 0 radical (unpaired) electrons. The quantitative estimate of drug-likeness (QED) is 0.146. The fourth-order valence-electron chi connectivity index (χ4n) is 7.49. The van der Waals surface area contributed by atoms with E-state index in [4.69, 9.17) is 26.8 Å². The summed E-state index contributed by atoms with van der Waals surface area (Å²) in [5, 5.41) is 5.93. The minimum Gasteiger partial charge on any atom is -0.490 e. The Morgan fingerprint density at radius 3 is 2.43 bits per heavy atom.